The van der Waals surface area contributed by atoms with Crippen LogP contribution in [0.5, 0.6) is 0 Å². The fourth-order valence-electron chi connectivity index (χ4n) is 3.34. The van der Waals surface area contributed by atoms with Gasteiger partial charge in [-0.15, -0.1) is 0 Å². The highest BCUT2D eigenvalue weighted by molar-refractivity contribution is 6.30. The number of hydrogen-bond acceptors (Lipinski definition) is 5. The van der Waals surface area contributed by atoms with Gasteiger partial charge in [-0.25, -0.2) is 4.79 Å². The Morgan fingerprint density at radius 2 is 1.68 bits per heavy atom. The van der Waals surface area contributed by atoms with Gasteiger partial charge in [-0.1, -0.05) is 23.7 Å². The van der Waals surface area contributed by atoms with Crippen LogP contribution in [0.2, 0.25) is 5.02 Å². The molecule has 7 nitrogen and oxygen atoms in total. The van der Waals surface area contributed by atoms with Gasteiger partial charge in [0.25, 0.3) is 5.91 Å². The number of amides is 1. The maximum absolute atomic E-state index is 12.7. The van der Waals surface area contributed by atoms with E-state index in [9.17, 15) is 14.4 Å². The lowest BCUT2D eigenvalue weighted by Crippen LogP contribution is -2.51. The van der Waals surface area contributed by atoms with Crippen molar-refractivity contribution in [2.24, 2.45) is 7.05 Å². The summed E-state index contributed by atoms with van der Waals surface area (Å²) in [6.45, 7) is 2.01. The van der Waals surface area contributed by atoms with Crippen LogP contribution in [0.3, 0.4) is 0 Å². The molecule has 1 aliphatic rings. The van der Waals surface area contributed by atoms with E-state index >= 15 is 0 Å². The molecule has 0 saturated carbocycles. The monoisotopic (exact) mass is 403 g/mol. The van der Waals surface area contributed by atoms with E-state index in [4.69, 9.17) is 16.3 Å². The molecule has 1 aliphatic heterocycles. The molecular formula is C20H22ClN3O4. The lowest BCUT2D eigenvalue weighted by molar-refractivity contribution is -0.148. The Hall–Kier alpha value is -2.64. The summed E-state index contributed by atoms with van der Waals surface area (Å²) >= 11 is 5.95. The highest BCUT2D eigenvalue weighted by Gasteiger charge is 2.32. The van der Waals surface area contributed by atoms with Crippen molar-refractivity contribution < 1.29 is 14.3 Å². The molecule has 148 valence electrons. The van der Waals surface area contributed by atoms with E-state index < -0.39 is 6.04 Å². The molecule has 1 fully saturated rings. The zero-order valence-corrected chi connectivity index (χ0v) is 16.6. The molecule has 0 N–H and O–H groups in total. The standard InChI is InChI=1S/C20H22ClN3O4/c1-22-13-15(5-8-17(22)25)19(26)24-11-9-23(10-12-24)18(20(27)28-2)14-3-6-16(21)7-4-14/h3-8,13,18H,9-12H2,1-2H3. The summed E-state index contributed by atoms with van der Waals surface area (Å²) in [7, 11) is 2.98. The summed E-state index contributed by atoms with van der Waals surface area (Å²) in [6.07, 6.45) is 1.54. The van der Waals surface area contributed by atoms with Gasteiger partial charge in [0.2, 0.25) is 5.56 Å². The smallest absolute Gasteiger partial charge is 0.327 e. The van der Waals surface area contributed by atoms with E-state index in [1.165, 1.54) is 17.7 Å². The number of piperazine rings is 1. The van der Waals surface area contributed by atoms with Crippen molar-refractivity contribution in [1.29, 1.82) is 0 Å². The van der Waals surface area contributed by atoms with Gasteiger partial charge in [0, 0.05) is 50.5 Å². The molecule has 0 radical (unpaired) electrons. The molecule has 1 atom stereocenters. The summed E-state index contributed by atoms with van der Waals surface area (Å²) in [5, 5.41) is 0.597. The van der Waals surface area contributed by atoms with Gasteiger partial charge >= 0.3 is 5.97 Å². The molecule has 0 spiro atoms. The molecule has 1 aromatic heterocycles. The summed E-state index contributed by atoms with van der Waals surface area (Å²) in [4.78, 5) is 40.4. The molecule has 1 saturated heterocycles. The number of ether oxygens (including phenoxy) is 1. The minimum atomic E-state index is -0.544. The minimum Gasteiger partial charge on any atom is -0.468 e. The average Bonchev–Trinajstić information content (AvgIpc) is 2.71. The molecule has 28 heavy (non-hydrogen) atoms. The second kappa shape index (κ2) is 8.58. The van der Waals surface area contributed by atoms with Crippen LogP contribution in [0.1, 0.15) is 22.0 Å². The van der Waals surface area contributed by atoms with Gasteiger partial charge in [0.15, 0.2) is 0 Å². The maximum atomic E-state index is 12.7. The van der Waals surface area contributed by atoms with Crippen molar-refractivity contribution >= 4 is 23.5 Å². The molecule has 2 heterocycles. The fourth-order valence-corrected chi connectivity index (χ4v) is 3.46. The van der Waals surface area contributed by atoms with Crippen LogP contribution in [-0.4, -0.2) is 59.5 Å². The van der Waals surface area contributed by atoms with Gasteiger partial charge in [-0.05, 0) is 23.8 Å². The van der Waals surface area contributed by atoms with Gasteiger partial charge < -0.3 is 14.2 Å². The largest absolute Gasteiger partial charge is 0.468 e. The van der Waals surface area contributed by atoms with E-state index in [0.717, 1.165) is 5.56 Å². The Balaban J connectivity index is 1.72. The van der Waals surface area contributed by atoms with E-state index in [1.807, 2.05) is 17.0 Å². The molecule has 1 aromatic carbocycles. The van der Waals surface area contributed by atoms with Crippen LogP contribution in [0.25, 0.3) is 0 Å². The molecule has 8 heteroatoms. The van der Waals surface area contributed by atoms with Crippen LogP contribution >= 0.6 is 11.6 Å². The topological polar surface area (TPSA) is 71.8 Å². The van der Waals surface area contributed by atoms with Gasteiger partial charge in [0.1, 0.15) is 6.04 Å². The van der Waals surface area contributed by atoms with Crippen LogP contribution < -0.4 is 5.56 Å². The van der Waals surface area contributed by atoms with Gasteiger partial charge in [0.05, 0.1) is 12.7 Å². The highest BCUT2D eigenvalue weighted by Crippen LogP contribution is 2.25. The zero-order valence-electron chi connectivity index (χ0n) is 15.8. The predicted molar refractivity (Wildman–Crippen MR) is 105 cm³/mol. The number of aryl methyl sites for hydroxylation is 1. The Morgan fingerprint density at radius 3 is 2.25 bits per heavy atom. The summed E-state index contributed by atoms with van der Waals surface area (Å²) < 4.78 is 6.38. The maximum Gasteiger partial charge on any atom is 0.327 e. The highest BCUT2D eigenvalue weighted by atomic mass is 35.5. The molecular weight excluding hydrogens is 382 g/mol. The van der Waals surface area contributed by atoms with Crippen LogP contribution in [-0.2, 0) is 16.6 Å². The van der Waals surface area contributed by atoms with E-state index in [-0.39, 0.29) is 17.4 Å². The fraction of sp³-hybridized carbons (Fsp3) is 0.350. The van der Waals surface area contributed by atoms with Crippen molar-refractivity contribution in [3.8, 4) is 0 Å². The third kappa shape index (κ3) is 4.26. The summed E-state index contributed by atoms with van der Waals surface area (Å²) in [5.41, 5.74) is 1.11. The molecule has 0 bridgehead atoms. The SMILES string of the molecule is COC(=O)C(c1ccc(Cl)cc1)N1CCN(C(=O)c2ccc(=O)n(C)c2)CC1. The minimum absolute atomic E-state index is 0.128. The van der Waals surface area contributed by atoms with Crippen LogP contribution in [0.15, 0.2) is 47.4 Å². The number of benzene rings is 1. The quantitative estimate of drug-likeness (QED) is 0.727. The van der Waals surface area contributed by atoms with E-state index in [1.54, 1.807) is 36.3 Å². The second-order valence-electron chi connectivity index (χ2n) is 6.67. The van der Waals surface area contributed by atoms with E-state index in [2.05, 4.69) is 0 Å². The number of pyridine rings is 1. The first-order valence-corrected chi connectivity index (χ1v) is 9.32. The second-order valence-corrected chi connectivity index (χ2v) is 7.11. The number of carbonyl (C=O) groups excluding carboxylic acids is 2. The number of hydrogen-bond donors (Lipinski definition) is 0. The number of aromatic nitrogens is 1. The number of rotatable bonds is 4. The number of carbonyl (C=O) groups is 2. The van der Waals surface area contributed by atoms with Gasteiger partial charge in [-0.3, -0.25) is 14.5 Å². The van der Waals surface area contributed by atoms with Crippen molar-refractivity contribution in [3.63, 3.8) is 0 Å². The Morgan fingerprint density at radius 1 is 1.04 bits per heavy atom. The number of esters is 1. The normalized spacial score (nSPS) is 15.9. The molecule has 1 unspecified atom stereocenters. The Labute approximate surface area is 168 Å². The lowest BCUT2D eigenvalue weighted by atomic mass is 10.0. The summed E-state index contributed by atoms with van der Waals surface area (Å²) in [6, 6.07) is 9.49. The van der Waals surface area contributed by atoms with Crippen molar-refractivity contribution in [2.75, 3.05) is 33.3 Å². The molecule has 1 amide bonds. The molecule has 2 aromatic rings. The first kappa shape index (κ1) is 20.1. The summed E-state index contributed by atoms with van der Waals surface area (Å²) in [5.74, 6) is -0.475. The molecule has 3 rings (SSSR count). The molecule has 0 aliphatic carbocycles. The zero-order chi connectivity index (χ0) is 20.3. The Bertz CT molecular complexity index is 918. The number of methoxy groups -OCH3 is 1. The van der Waals surface area contributed by atoms with E-state index in [0.29, 0.717) is 36.8 Å². The van der Waals surface area contributed by atoms with Crippen molar-refractivity contribution in [2.45, 2.75) is 6.04 Å². The number of halogens is 1. The Kier molecular flexibility index (Phi) is 6.16. The third-order valence-corrected chi connectivity index (χ3v) is 5.16. The van der Waals surface area contributed by atoms with Crippen molar-refractivity contribution in [3.05, 3.63) is 69.1 Å². The van der Waals surface area contributed by atoms with Crippen molar-refractivity contribution in [1.82, 2.24) is 14.4 Å². The average molecular weight is 404 g/mol. The third-order valence-electron chi connectivity index (χ3n) is 4.91. The predicted octanol–water partition coefficient (Wildman–Crippen LogP) is 1.71. The first-order valence-electron chi connectivity index (χ1n) is 8.94. The van der Waals surface area contributed by atoms with Crippen LogP contribution in [0, 0.1) is 0 Å². The van der Waals surface area contributed by atoms with Gasteiger partial charge in [-0.2, -0.15) is 0 Å². The number of nitrogens with zero attached hydrogens (tertiary/aromatic N) is 3. The first-order chi connectivity index (χ1) is 13.4. The van der Waals surface area contributed by atoms with Crippen LogP contribution in [0.4, 0.5) is 0 Å². The lowest BCUT2D eigenvalue weighted by Gasteiger charge is -2.38.